The lowest BCUT2D eigenvalue weighted by molar-refractivity contribution is 0.0658. The van der Waals surface area contributed by atoms with Crippen LogP contribution in [0.15, 0.2) is 24.5 Å². The van der Waals surface area contributed by atoms with Gasteiger partial charge in [0.1, 0.15) is 11.5 Å². The Kier molecular flexibility index (Phi) is 5.20. The molecule has 0 unspecified atom stereocenters. The third-order valence-electron chi connectivity index (χ3n) is 4.35. The molecule has 0 radical (unpaired) electrons. The number of carbonyl (C=O) groups excluding carboxylic acids is 1. The van der Waals surface area contributed by atoms with E-state index in [-0.39, 0.29) is 5.91 Å². The second-order valence-corrected chi connectivity index (χ2v) is 6.85. The molecule has 0 atom stereocenters. The maximum atomic E-state index is 12.5. The van der Waals surface area contributed by atoms with E-state index in [9.17, 15) is 4.79 Å². The monoisotopic (exact) mass is 359 g/mol. The van der Waals surface area contributed by atoms with E-state index in [4.69, 9.17) is 11.6 Å². The van der Waals surface area contributed by atoms with Crippen molar-refractivity contribution in [2.45, 2.75) is 13.8 Å². The minimum atomic E-state index is -0.0725. The lowest BCUT2D eigenvalue weighted by atomic mass is 10.1. The number of halogens is 1. The van der Waals surface area contributed by atoms with Gasteiger partial charge in [0.05, 0.1) is 23.1 Å². The number of aromatic nitrogens is 2. The topological polar surface area (TPSA) is 61.4 Å². The van der Waals surface area contributed by atoms with Gasteiger partial charge in [0, 0.05) is 26.2 Å². The molecule has 1 aromatic heterocycles. The normalized spacial score (nSPS) is 15.3. The number of piperazine rings is 1. The number of anilines is 2. The van der Waals surface area contributed by atoms with Crippen LogP contribution in [0.2, 0.25) is 5.02 Å². The van der Waals surface area contributed by atoms with Crippen LogP contribution >= 0.6 is 11.6 Å². The molecule has 1 fully saturated rings. The molecule has 1 saturated heterocycles. The molecule has 132 valence electrons. The first kappa shape index (κ1) is 17.6. The molecule has 25 heavy (non-hydrogen) atoms. The van der Waals surface area contributed by atoms with Crippen molar-refractivity contribution in [3.8, 4) is 0 Å². The third kappa shape index (κ3) is 4.08. The van der Waals surface area contributed by atoms with Crippen molar-refractivity contribution in [3.05, 3.63) is 46.4 Å². The summed E-state index contributed by atoms with van der Waals surface area (Å²) >= 11 is 6.30. The van der Waals surface area contributed by atoms with Crippen LogP contribution in [-0.4, -0.2) is 58.9 Å². The average Bonchev–Trinajstić information content (AvgIpc) is 2.59. The van der Waals surface area contributed by atoms with Gasteiger partial charge in [-0.3, -0.25) is 4.79 Å². The van der Waals surface area contributed by atoms with Crippen LogP contribution < -0.4 is 5.32 Å². The summed E-state index contributed by atoms with van der Waals surface area (Å²) in [6.45, 7) is 7.18. The molecule has 1 aliphatic rings. The predicted octanol–water partition coefficient (Wildman–Crippen LogP) is 2.88. The molecule has 0 bridgehead atoms. The number of carbonyl (C=O) groups is 1. The first-order chi connectivity index (χ1) is 11.9. The van der Waals surface area contributed by atoms with Crippen molar-refractivity contribution in [1.29, 1.82) is 0 Å². The largest absolute Gasteiger partial charge is 0.338 e. The Balaban J connectivity index is 1.71. The van der Waals surface area contributed by atoms with E-state index < -0.39 is 0 Å². The van der Waals surface area contributed by atoms with Crippen LogP contribution in [0, 0.1) is 13.8 Å². The molecular formula is C18H22ClN5O. The summed E-state index contributed by atoms with van der Waals surface area (Å²) in [5, 5.41) is 3.82. The summed E-state index contributed by atoms with van der Waals surface area (Å²) in [6, 6.07) is 3.95. The number of likely N-dealkylation sites (N-methyl/N-ethyl adjacent to an activating group) is 1. The van der Waals surface area contributed by atoms with Gasteiger partial charge in [-0.05, 0) is 38.1 Å². The molecule has 7 heteroatoms. The second kappa shape index (κ2) is 7.37. The Bertz CT molecular complexity index is 747. The van der Waals surface area contributed by atoms with Crippen LogP contribution in [0.25, 0.3) is 0 Å². The Morgan fingerprint density at radius 2 is 1.84 bits per heavy atom. The summed E-state index contributed by atoms with van der Waals surface area (Å²) in [5.41, 5.74) is 3.30. The summed E-state index contributed by atoms with van der Waals surface area (Å²) in [6.07, 6.45) is 3.08. The van der Waals surface area contributed by atoms with E-state index in [2.05, 4.69) is 27.2 Å². The minimum Gasteiger partial charge on any atom is -0.338 e. The van der Waals surface area contributed by atoms with Gasteiger partial charge in [-0.15, -0.1) is 0 Å². The lowest BCUT2D eigenvalue weighted by Gasteiger charge is -2.32. The molecule has 1 N–H and O–H groups in total. The number of aryl methyl sites for hydroxylation is 2. The van der Waals surface area contributed by atoms with Crippen LogP contribution in [0.1, 0.15) is 21.6 Å². The smallest absolute Gasteiger partial charge is 0.274 e. The Labute approximate surface area is 152 Å². The zero-order chi connectivity index (χ0) is 18.0. The minimum absolute atomic E-state index is 0.0725. The van der Waals surface area contributed by atoms with Crippen molar-refractivity contribution >= 4 is 29.0 Å². The Morgan fingerprint density at radius 3 is 2.44 bits per heavy atom. The fraction of sp³-hybridized carbons (Fsp3) is 0.389. The van der Waals surface area contributed by atoms with Crippen molar-refractivity contribution < 1.29 is 4.79 Å². The van der Waals surface area contributed by atoms with Gasteiger partial charge < -0.3 is 15.1 Å². The highest BCUT2D eigenvalue weighted by atomic mass is 35.5. The highest BCUT2D eigenvalue weighted by Gasteiger charge is 2.21. The van der Waals surface area contributed by atoms with Crippen LogP contribution in [-0.2, 0) is 0 Å². The molecular weight excluding hydrogens is 338 g/mol. The molecule has 3 rings (SSSR count). The molecule has 2 aromatic rings. The van der Waals surface area contributed by atoms with Gasteiger partial charge in [0.2, 0.25) is 0 Å². The number of benzene rings is 1. The molecule has 0 saturated carbocycles. The van der Waals surface area contributed by atoms with Crippen molar-refractivity contribution in [2.24, 2.45) is 0 Å². The van der Waals surface area contributed by atoms with Crippen molar-refractivity contribution in [1.82, 2.24) is 19.8 Å². The van der Waals surface area contributed by atoms with Gasteiger partial charge in [-0.25, -0.2) is 9.97 Å². The first-order valence-corrected chi connectivity index (χ1v) is 8.65. The molecule has 0 spiro atoms. The molecule has 0 aliphatic carbocycles. The highest BCUT2D eigenvalue weighted by Crippen LogP contribution is 2.29. The van der Waals surface area contributed by atoms with Crippen molar-refractivity contribution in [3.63, 3.8) is 0 Å². The number of nitrogens with one attached hydrogen (secondary N) is 1. The van der Waals surface area contributed by atoms with Gasteiger partial charge in [0.15, 0.2) is 0 Å². The van der Waals surface area contributed by atoms with E-state index >= 15 is 0 Å². The van der Waals surface area contributed by atoms with Crippen LogP contribution in [0.5, 0.6) is 0 Å². The molecule has 6 nitrogen and oxygen atoms in total. The van der Waals surface area contributed by atoms with Gasteiger partial charge >= 0.3 is 0 Å². The fourth-order valence-corrected chi connectivity index (χ4v) is 3.25. The number of nitrogens with zero attached hydrogens (tertiary/aromatic N) is 4. The lowest BCUT2D eigenvalue weighted by Crippen LogP contribution is -2.47. The summed E-state index contributed by atoms with van der Waals surface area (Å²) in [7, 11) is 2.06. The van der Waals surface area contributed by atoms with E-state index in [1.54, 1.807) is 6.20 Å². The van der Waals surface area contributed by atoms with Gasteiger partial charge in [-0.2, -0.15) is 0 Å². The average molecular weight is 360 g/mol. The molecule has 1 aliphatic heterocycles. The zero-order valence-electron chi connectivity index (χ0n) is 14.7. The number of hydrogen-bond donors (Lipinski definition) is 1. The first-order valence-electron chi connectivity index (χ1n) is 8.27. The van der Waals surface area contributed by atoms with E-state index in [1.807, 2.05) is 30.9 Å². The zero-order valence-corrected chi connectivity index (χ0v) is 15.5. The van der Waals surface area contributed by atoms with Gasteiger partial charge in [-0.1, -0.05) is 17.7 Å². The van der Waals surface area contributed by atoms with Gasteiger partial charge in [0.25, 0.3) is 5.91 Å². The molecule has 1 amide bonds. The quantitative estimate of drug-likeness (QED) is 0.913. The van der Waals surface area contributed by atoms with E-state index in [0.717, 1.165) is 43.0 Å². The van der Waals surface area contributed by atoms with Crippen molar-refractivity contribution in [2.75, 3.05) is 38.5 Å². The molecule has 1 aromatic carbocycles. The number of amides is 1. The van der Waals surface area contributed by atoms with Crippen LogP contribution in [0.4, 0.5) is 11.5 Å². The highest BCUT2D eigenvalue weighted by molar-refractivity contribution is 6.33. The summed E-state index contributed by atoms with van der Waals surface area (Å²) in [4.78, 5) is 25.1. The molecule has 2 heterocycles. The third-order valence-corrected chi connectivity index (χ3v) is 4.64. The van der Waals surface area contributed by atoms with Crippen LogP contribution in [0.3, 0.4) is 0 Å². The maximum absolute atomic E-state index is 12.5. The number of hydrogen-bond acceptors (Lipinski definition) is 5. The SMILES string of the molecule is Cc1cc(C)c(Nc2cnc(C(=O)N3CCN(C)CC3)cn2)c(Cl)c1. The Morgan fingerprint density at radius 1 is 1.12 bits per heavy atom. The van der Waals surface area contributed by atoms with E-state index in [0.29, 0.717) is 16.5 Å². The Hall–Kier alpha value is -2.18. The fourth-order valence-electron chi connectivity index (χ4n) is 2.88. The maximum Gasteiger partial charge on any atom is 0.274 e. The standard InChI is InChI=1S/C18H22ClN5O/c1-12-8-13(2)17(14(19)9-12)22-16-11-20-15(10-21-16)18(25)24-6-4-23(3)5-7-24/h8-11H,4-7H2,1-3H3,(H,21,22). The predicted molar refractivity (Wildman–Crippen MR) is 99.6 cm³/mol. The summed E-state index contributed by atoms with van der Waals surface area (Å²) < 4.78 is 0. The number of rotatable bonds is 3. The second-order valence-electron chi connectivity index (χ2n) is 6.45. The summed E-state index contributed by atoms with van der Waals surface area (Å²) in [5.74, 6) is 0.487. The van der Waals surface area contributed by atoms with E-state index in [1.165, 1.54) is 6.20 Å².